The van der Waals surface area contributed by atoms with Gasteiger partial charge in [0.2, 0.25) is 0 Å². The molecule has 0 bridgehead atoms. The summed E-state index contributed by atoms with van der Waals surface area (Å²) in [7, 11) is 0. The van der Waals surface area contributed by atoms with E-state index in [1.807, 2.05) is 24.3 Å². The Morgan fingerprint density at radius 2 is 1.93 bits per heavy atom. The van der Waals surface area contributed by atoms with Crippen LogP contribution in [0.2, 0.25) is 0 Å². The summed E-state index contributed by atoms with van der Waals surface area (Å²) >= 11 is 0. The molecule has 0 aliphatic rings. The zero-order chi connectivity index (χ0) is 10.8. The molecule has 0 aromatic heterocycles. The van der Waals surface area contributed by atoms with Crippen LogP contribution in [0.1, 0.15) is 38.8 Å². The molecule has 0 fully saturated rings. The predicted molar refractivity (Wildman–Crippen MR) is 61.9 cm³/mol. The molecular weight excluding hydrogens is 172 g/mol. The van der Waals surface area contributed by atoms with E-state index in [9.17, 15) is 0 Å². The molecule has 78 valence electrons. The molecule has 14 heavy (non-hydrogen) atoms. The molecule has 0 heterocycles. The molecule has 2 nitrogen and oxygen atoms in total. The van der Waals surface area contributed by atoms with Crippen molar-refractivity contribution in [1.29, 1.82) is 0 Å². The maximum atomic E-state index is 6.09. The van der Waals surface area contributed by atoms with Gasteiger partial charge < -0.3 is 11.5 Å². The first-order chi connectivity index (χ1) is 6.38. The molecule has 2 heteroatoms. The van der Waals surface area contributed by atoms with Gasteiger partial charge in [0.15, 0.2) is 0 Å². The highest BCUT2D eigenvalue weighted by atomic mass is 14.6. The third kappa shape index (κ3) is 3.38. The quantitative estimate of drug-likeness (QED) is 0.708. The zero-order valence-electron chi connectivity index (χ0n) is 9.25. The Bertz CT molecular complexity index is 299. The highest BCUT2D eigenvalue weighted by Gasteiger charge is 2.16. The third-order valence-corrected chi connectivity index (χ3v) is 2.17. The number of nitrogens with two attached hydrogens (primary N) is 2. The lowest BCUT2D eigenvalue weighted by Crippen LogP contribution is -2.18. The highest BCUT2D eigenvalue weighted by Crippen LogP contribution is 2.28. The minimum Gasteiger partial charge on any atom is -0.399 e. The van der Waals surface area contributed by atoms with Crippen LogP contribution in [0.25, 0.3) is 0 Å². The van der Waals surface area contributed by atoms with Gasteiger partial charge in [-0.05, 0) is 29.5 Å². The lowest BCUT2D eigenvalue weighted by atomic mass is 9.86. The van der Waals surface area contributed by atoms with Gasteiger partial charge in [-0.3, -0.25) is 0 Å². The Hall–Kier alpha value is -1.02. The van der Waals surface area contributed by atoms with Crippen molar-refractivity contribution in [3.05, 3.63) is 29.8 Å². The van der Waals surface area contributed by atoms with Crippen molar-refractivity contribution in [1.82, 2.24) is 0 Å². The summed E-state index contributed by atoms with van der Waals surface area (Å²) in [6.45, 7) is 6.58. The maximum Gasteiger partial charge on any atom is 0.0317 e. The third-order valence-electron chi connectivity index (χ3n) is 2.17. The molecule has 0 saturated carbocycles. The van der Waals surface area contributed by atoms with E-state index in [-0.39, 0.29) is 11.5 Å². The van der Waals surface area contributed by atoms with Crippen LogP contribution >= 0.6 is 0 Å². The van der Waals surface area contributed by atoms with Gasteiger partial charge >= 0.3 is 0 Å². The molecule has 0 amide bonds. The van der Waals surface area contributed by atoms with Gasteiger partial charge in [-0.15, -0.1) is 0 Å². The number of hydrogen-bond acceptors (Lipinski definition) is 2. The van der Waals surface area contributed by atoms with Crippen molar-refractivity contribution in [3.63, 3.8) is 0 Å². The Kier molecular flexibility index (Phi) is 3.17. The van der Waals surface area contributed by atoms with E-state index in [0.717, 1.165) is 17.7 Å². The van der Waals surface area contributed by atoms with Gasteiger partial charge in [-0.2, -0.15) is 0 Å². The van der Waals surface area contributed by atoms with Crippen LogP contribution < -0.4 is 11.5 Å². The highest BCUT2D eigenvalue weighted by molar-refractivity contribution is 5.41. The SMILES string of the molecule is CC(C)(C)C[C@H](N)c1cccc(N)c1. The number of hydrogen-bond donors (Lipinski definition) is 2. The van der Waals surface area contributed by atoms with Crippen LogP contribution in [0.5, 0.6) is 0 Å². The van der Waals surface area contributed by atoms with E-state index < -0.39 is 0 Å². The molecule has 1 atom stereocenters. The Morgan fingerprint density at radius 3 is 2.43 bits per heavy atom. The minimum atomic E-state index is 0.0819. The van der Waals surface area contributed by atoms with Gasteiger partial charge in [0, 0.05) is 11.7 Å². The number of nitrogen functional groups attached to an aromatic ring is 1. The van der Waals surface area contributed by atoms with Crippen molar-refractivity contribution >= 4 is 5.69 Å². The van der Waals surface area contributed by atoms with Crippen LogP contribution in [-0.4, -0.2) is 0 Å². The van der Waals surface area contributed by atoms with Gasteiger partial charge in [0.05, 0.1) is 0 Å². The molecule has 0 aliphatic heterocycles. The van der Waals surface area contributed by atoms with Gasteiger partial charge in [-0.1, -0.05) is 32.9 Å². The van der Waals surface area contributed by atoms with Gasteiger partial charge in [-0.25, -0.2) is 0 Å². The fourth-order valence-corrected chi connectivity index (χ4v) is 1.57. The van der Waals surface area contributed by atoms with E-state index in [4.69, 9.17) is 11.5 Å². The second-order valence-corrected chi connectivity index (χ2v) is 5.04. The molecule has 0 unspecified atom stereocenters. The molecule has 0 spiro atoms. The largest absolute Gasteiger partial charge is 0.399 e. The van der Waals surface area contributed by atoms with Crippen LogP contribution in [0.3, 0.4) is 0 Å². The van der Waals surface area contributed by atoms with E-state index in [1.165, 1.54) is 0 Å². The normalized spacial score (nSPS) is 14.0. The van der Waals surface area contributed by atoms with Crippen molar-refractivity contribution in [2.45, 2.75) is 33.2 Å². The first kappa shape index (κ1) is 11.1. The molecule has 1 rings (SSSR count). The summed E-state index contributed by atoms with van der Waals surface area (Å²) in [5.74, 6) is 0. The summed E-state index contributed by atoms with van der Waals surface area (Å²) in [5.41, 5.74) is 14.0. The van der Waals surface area contributed by atoms with Crippen molar-refractivity contribution in [2.75, 3.05) is 5.73 Å². The van der Waals surface area contributed by atoms with E-state index in [0.29, 0.717) is 0 Å². The first-order valence-electron chi connectivity index (χ1n) is 4.99. The van der Waals surface area contributed by atoms with E-state index in [2.05, 4.69) is 20.8 Å². The second-order valence-electron chi connectivity index (χ2n) is 5.04. The lowest BCUT2D eigenvalue weighted by Gasteiger charge is -2.23. The van der Waals surface area contributed by atoms with Crippen molar-refractivity contribution in [3.8, 4) is 0 Å². The Balaban J connectivity index is 2.74. The molecule has 0 aliphatic carbocycles. The summed E-state index contributed by atoms with van der Waals surface area (Å²) in [6.07, 6.45) is 0.969. The fourth-order valence-electron chi connectivity index (χ4n) is 1.57. The topological polar surface area (TPSA) is 52.0 Å². The predicted octanol–water partition coefficient (Wildman–Crippen LogP) is 2.70. The van der Waals surface area contributed by atoms with Crippen LogP contribution in [0, 0.1) is 5.41 Å². The smallest absolute Gasteiger partial charge is 0.0317 e. The second kappa shape index (κ2) is 4.01. The average molecular weight is 192 g/mol. The molecular formula is C12H20N2. The summed E-state index contributed by atoms with van der Waals surface area (Å²) < 4.78 is 0. The molecule has 0 radical (unpaired) electrons. The van der Waals surface area contributed by atoms with Gasteiger partial charge in [0.1, 0.15) is 0 Å². The summed E-state index contributed by atoms with van der Waals surface area (Å²) in [6, 6.07) is 7.91. The van der Waals surface area contributed by atoms with E-state index in [1.54, 1.807) is 0 Å². The number of anilines is 1. The molecule has 4 N–H and O–H groups in total. The Morgan fingerprint density at radius 1 is 1.29 bits per heavy atom. The van der Waals surface area contributed by atoms with Crippen molar-refractivity contribution in [2.24, 2.45) is 11.1 Å². The van der Waals surface area contributed by atoms with E-state index >= 15 is 0 Å². The number of benzene rings is 1. The van der Waals surface area contributed by atoms with Gasteiger partial charge in [0.25, 0.3) is 0 Å². The fraction of sp³-hybridized carbons (Fsp3) is 0.500. The van der Waals surface area contributed by atoms with Crippen LogP contribution in [-0.2, 0) is 0 Å². The minimum absolute atomic E-state index is 0.0819. The van der Waals surface area contributed by atoms with Crippen molar-refractivity contribution < 1.29 is 0 Å². The summed E-state index contributed by atoms with van der Waals surface area (Å²) in [5, 5.41) is 0. The van der Waals surface area contributed by atoms with Crippen LogP contribution in [0.15, 0.2) is 24.3 Å². The average Bonchev–Trinajstić information content (AvgIpc) is 2.01. The summed E-state index contributed by atoms with van der Waals surface area (Å²) in [4.78, 5) is 0. The van der Waals surface area contributed by atoms with Crippen LogP contribution in [0.4, 0.5) is 5.69 Å². The zero-order valence-corrected chi connectivity index (χ0v) is 9.25. The first-order valence-corrected chi connectivity index (χ1v) is 4.99. The standard InChI is InChI=1S/C12H20N2/c1-12(2,3)8-11(14)9-5-4-6-10(13)7-9/h4-7,11H,8,13-14H2,1-3H3/t11-/m0/s1. The monoisotopic (exact) mass is 192 g/mol. The molecule has 1 aromatic rings. The Labute approximate surface area is 86.3 Å². The lowest BCUT2D eigenvalue weighted by molar-refractivity contribution is 0.343. The maximum absolute atomic E-state index is 6.09. The number of rotatable bonds is 2. The molecule has 1 aromatic carbocycles. The molecule has 0 saturated heterocycles.